The Bertz CT molecular complexity index is 2130. The second kappa shape index (κ2) is 15.2. The number of hydrogen-bond donors (Lipinski definition) is 2. The first-order valence-corrected chi connectivity index (χ1v) is 25.4. The Balaban J connectivity index is 0.690. The fourth-order valence-electron chi connectivity index (χ4n) is 16.2. The van der Waals surface area contributed by atoms with E-state index in [0.717, 1.165) is 61.7 Å². The maximum absolute atomic E-state index is 13.8. The summed E-state index contributed by atoms with van der Waals surface area (Å²) in [6, 6.07) is 0. The van der Waals surface area contributed by atoms with Crippen molar-refractivity contribution in [1.29, 1.82) is 0 Å². The highest BCUT2D eigenvalue weighted by Gasteiger charge is 3.00. The lowest BCUT2D eigenvalue weighted by Crippen LogP contribution is -2.67. The molecule has 2 spiro atoms. The van der Waals surface area contributed by atoms with Crippen molar-refractivity contribution in [3.63, 3.8) is 0 Å². The fraction of sp³-hybridized carbons (Fsp3) is 0.759. The minimum Gasteiger partial charge on any atom is -0.462 e. The maximum Gasteiger partial charge on any atom is 0.334 e. The molecule has 11 rings (SSSR count). The smallest absolute Gasteiger partial charge is 0.334 e. The van der Waals surface area contributed by atoms with Crippen LogP contribution in [0.3, 0.4) is 0 Å². The molecule has 0 amide bonds. The van der Waals surface area contributed by atoms with Gasteiger partial charge in [-0.2, -0.15) is 0 Å². The van der Waals surface area contributed by atoms with Crippen molar-refractivity contribution in [2.75, 3.05) is 6.61 Å². The summed E-state index contributed by atoms with van der Waals surface area (Å²) < 4.78 is 31.9. The van der Waals surface area contributed by atoms with Gasteiger partial charge in [0.15, 0.2) is 5.60 Å². The summed E-state index contributed by atoms with van der Waals surface area (Å²) in [6.45, 7) is 16.2. The number of esters is 3. The zero-order valence-electron chi connectivity index (χ0n) is 38.9. The Kier molecular flexibility index (Phi) is 10.4. The number of ether oxygens (including phenoxy) is 5. The summed E-state index contributed by atoms with van der Waals surface area (Å²) in [5.74, 6) is 2.00. The van der Waals surface area contributed by atoms with Crippen LogP contribution in [0, 0.1) is 57.7 Å². The van der Waals surface area contributed by atoms with Gasteiger partial charge in [-0.1, -0.05) is 71.1 Å². The van der Waals surface area contributed by atoms with Crippen LogP contribution in [-0.4, -0.2) is 82.6 Å². The van der Waals surface area contributed by atoms with E-state index in [9.17, 15) is 24.6 Å². The predicted octanol–water partition coefficient (Wildman–Crippen LogP) is 8.74. The van der Waals surface area contributed by atoms with E-state index in [1.165, 1.54) is 24.8 Å². The highest BCUT2D eigenvalue weighted by molar-refractivity contribution is 5.92. The third-order valence-corrected chi connectivity index (χ3v) is 20.0. The van der Waals surface area contributed by atoms with Crippen LogP contribution in [-0.2, 0) is 38.1 Å². The second-order valence-corrected chi connectivity index (χ2v) is 23.3. The number of aliphatic hydroxyl groups excluding tert-OH is 2. The zero-order chi connectivity index (χ0) is 44.7. The molecule has 0 bridgehead atoms. The number of rotatable bonds is 13. The van der Waals surface area contributed by atoms with Gasteiger partial charge in [0.05, 0.1) is 24.4 Å². The molecule has 0 aromatic carbocycles. The van der Waals surface area contributed by atoms with Crippen molar-refractivity contribution in [2.24, 2.45) is 57.7 Å². The quantitative estimate of drug-likeness (QED) is 0.0606. The van der Waals surface area contributed by atoms with Crippen molar-refractivity contribution in [3.8, 4) is 0 Å². The van der Waals surface area contributed by atoms with Gasteiger partial charge in [-0.15, -0.1) is 0 Å². The van der Waals surface area contributed by atoms with Crippen molar-refractivity contribution >= 4 is 17.9 Å². The van der Waals surface area contributed by atoms with Crippen molar-refractivity contribution in [1.82, 2.24) is 0 Å². The van der Waals surface area contributed by atoms with Crippen LogP contribution in [0.25, 0.3) is 0 Å². The van der Waals surface area contributed by atoms with E-state index in [1.807, 2.05) is 0 Å². The van der Waals surface area contributed by atoms with Crippen LogP contribution in [0.1, 0.15) is 144 Å². The average molecular weight is 881 g/mol. The largest absolute Gasteiger partial charge is 0.462 e. The molecule has 9 fully saturated rings. The molecule has 11 aliphatic rings. The molecule has 0 aromatic heterocycles. The summed E-state index contributed by atoms with van der Waals surface area (Å²) in [7, 11) is 0. The van der Waals surface area contributed by atoms with Gasteiger partial charge in [0.1, 0.15) is 24.4 Å². The molecular weight excluding hydrogens is 809 g/mol. The Morgan fingerprint density at radius 3 is 2.45 bits per heavy atom. The van der Waals surface area contributed by atoms with E-state index in [4.69, 9.17) is 23.7 Å². The third kappa shape index (κ3) is 6.32. The van der Waals surface area contributed by atoms with Gasteiger partial charge in [0.2, 0.25) is 0 Å². The lowest BCUT2D eigenvalue weighted by molar-refractivity contribution is -0.172. The molecule has 10 nitrogen and oxygen atoms in total. The first kappa shape index (κ1) is 43.5. The number of aliphatic hydroxyl groups is 2. The molecule has 2 N–H and O–H groups in total. The van der Waals surface area contributed by atoms with Crippen LogP contribution < -0.4 is 0 Å². The number of carbonyl (C=O) groups is 3. The molecule has 10 heteroatoms. The molecule has 3 aliphatic heterocycles. The minimum atomic E-state index is -0.770. The normalized spacial score (nSPS) is 46.9. The van der Waals surface area contributed by atoms with E-state index in [0.29, 0.717) is 79.8 Å². The molecule has 16 atom stereocenters. The Labute approximate surface area is 379 Å². The molecule has 3 heterocycles. The predicted molar refractivity (Wildman–Crippen MR) is 238 cm³/mol. The molecule has 0 aromatic rings. The summed E-state index contributed by atoms with van der Waals surface area (Å²) in [6.07, 6.45) is 20.4. The summed E-state index contributed by atoms with van der Waals surface area (Å²) in [5, 5.41) is 21.5. The first-order chi connectivity index (χ1) is 30.6. The molecule has 7 saturated carbocycles. The van der Waals surface area contributed by atoms with E-state index in [2.05, 4.69) is 65.5 Å². The van der Waals surface area contributed by atoms with E-state index in [1.54, 1.807) is 0 Å². The van der Waals surface area contributed by atoms with Gasteiger partial charge in [-0.25, -0.2) is 4.79 Å². The molecule has 2 saturated heterocycles. The van der Waals surface area contributed by atoms with E-state index in [-0.39, 0.29) is 71.2 Å². The van der Waals surface area contributed by atoms with Gasteiger partial charge in [0.25, 0.3) is 0 Å². The number of cyclic esters (lactones) is 1. The first-order valence-electron chi connectivity index (χ1n) is 25.4. The van der Waals surface area contributed by atoms with Crippen LogP contribution in [0.5, 0.6) is 0 Å². The Morgan fingerprint density at radius 1 is 0.938 bits per heavy atom. The van der Waals surface area contributed by atoms with Gasteiger partial charge < -0.3 is 33.9 Å². The van der Waals surface area contributed by atoms with Crippen molar-refractivity contribution in [2.45, 2.75) is 192 Å². The minimum absolute atomic E-state index is 0.0735. The van der Waals surface area contributed by atoms with Crippen molar-refractivity contribution in [3.05, 3.63) is 58.7 Å². The molecule has 64 heavy (non-hydrogen) atoms. The Hall–Kier alpha value is -3.05. The zero-order valence-corrected chi connectivity index (χ0v) is 38.9. The molecule has 8 aliphatic carbocycles. The van der Waals surface area contributed by atoms with Gasteiger partial charge in [-0.3, -0.25) is 9.59 Å². The van der Waals surface area contributed by atoms with E-state index >= 15 is 0 Å². The van der Waals surface area contributed by atoms with Crippen LogP contribution in [0.4, 0.5) is 0 Å². The number of carbonyl (C=O) groups excluding carboxylic acids is 3. The number of unbranched alkanes of at least 4 members (excludes halogenated alkanes) is 1. The van der Waals surface area contributed by atoms with E-state index < -0.39 is 29.5 Å². The van der Waals surface area contributed by atoms with Gasteiger partial charge in [-0.05, 0) is 147 Å². The van der Waals surface area contributed by atoms with Crippen LogP contribution >= 0.6 is 0 Å². The monoisotopic (exact) mass is 881 g/mol. The SMILES string of the molecule is C=C1/C(=C\C=C2/CCC[C@@]3(C)C2CCC3[C@@H](C)/C=C/C(O)C2CC2)C[C@@H](OC(=O)CCCCC(=O)O[C@@H]2[C@@]3(C(C)C)C[C@H]3[C@@H]3O[C@]34[C@]23O[C@H]3C[C@H]2C3=C(CC[C@@]24C)C(=O)OC3)C[C@@H]1O. The lowest BCUT2D eigenvalue weighted by Gasteiger charge is -2.54. The molecule has 348 valence electrons. The van der Waals surface area contributed by atoms with Gasteiger partial charge >= 0.3 is 17.9 Å². The Morgan fingerprint density at radius 2 is 1.70 bits per heavy atom. The third-order valence-electron chi connectivity index (χ3n) is 20.0. The highest BCUT2D eigenvalue weighted by Crippen LogP contribution is 2.87. The topological polar surface area (TPSA) is 144 Å². The van der Waals surface area contributed by atoms with Gasteiger partial charge in [0, 0.05) is 42.1 Å². The lowest BCUT2D eigenvalue weighted by atomic mass is 9.46. The maximum atomic E-state index is 13.8. The number of fused-ring (bicyclic) bond motifs is 5. The highest BCUT2D eigenvalue weighted by atomic mass is 16.7. The van der Waals surface area contributed by atoms with Crippen molar-refractivity contribution < 1.29 is 48.3 Å². The summed E-state index contributed by atoms with van der Waals surface area (Å²) in [4.78, 5) is 39.6. The second-order valence-electron chi connectivity index (χ2n) is 23.3. The van der Waals surface area contributed by atoms with Crippen LogP contribution in [0.15, 0.2) is 58.7 Å². The summed E-state index contributed by atoms with van der Waals surface area (Å²) in [5.41, 5.74) is 3.71. The number of hydrogen-bond acceptors (Lipinski definition) is 10. The molecule has 0 radical (unpaired) electrons. The average Bonchev–Trinajstić information content (AvgIpc) is 4.09. The summed E-state index contributed by atoms with van der Waals surface area (Å²) >= 11 is 0. The molecular formula is C54H72O10. The fourth-order valence-corrected chi connectivity index (χ4v) is 16.2. The molecule has 3 unspecified atom stereocenters. The van der Waals surface area contributed by atoms with Crippen LogP contribution in [0.2, 0.25) is 0 Å². The number of epoxide rings is 2. The standard InChI is InChI=1S/C54H72O10/c1-29(2)52-27-41(52)47-54(64-47)51(6)23-21-36-37(28-60-48(36)59)40(51)26-44-53(54,63-44)49(52)62-46(58)12-8-7-11-45(57)61-35-24-34(31(4)43(56)25-35)17-14-32-10-9-22-50(5)38(18-19-39(32)50)30(3)13-20-42(55)33-15-16-33/h13-14,17,20,29-30,33,35,38-44,47,49,55-56H,4,7-12,15-16,18-19,21-28H2,1-3,5-6H3/b20-13+,32-14+,34-17-/t30-,35+,38?,39?,40-,41-,42?,43-,44-,47-,49+,50+,51-,52+,53+,54+/m0/s1. The number of allylic oxidation sites excluding steroid dienone is 4.